The molecule has 4 heteroatoms. The number of rotatable bonds is 2. The van der Waals surface area contributed by atoms with Crippen molar-refractivity contribution in [2.24, 2.45) is 7.05 Å². The Labute approximate surface area is 128 Å². The van der Waals surface area contributed by atoms with Crippen LogP contribution >= 0.6 is 11.6 Å². The number of esters is 1. The van der Waals surface area contributed by atoms with Gasteiger partial charge in [-0.25, -0.2) is 0 Å². The number of nitrogens with zero attached hydrogens (tertiary/aromatic N) is 1. The highest BCUT2D eigenvalue weighted by molar-refractivity contribution is 6.31. The summed E-state index contributed by atoms with van der Waals surface area (Å²) in [5, 5.41) is 2.98. The fourth-order valence-corrected chi connectivity index (χ4v) is 2.95. The van der Waals surface area contributed by atoms with Crippen molar-refractivity contribution >= 4 is 39.4 Å². The number of fused-ring (bicyclic) bond motifs is 3. The van der Waals surface area contributed by atoms with Crippen LogP contribution in [0.15, 0.2) is 36.4 Å². The van der Waals surface area contributed by atoms with Gasteiger partial charge in [-0.2, -0.15) is 0 Å². The molecule has 0 amide bonds. The summed E-state index contributed by atoms with van der Waals surface area (Å²) < 4.78 is 6.94. The predicted octanol–water partition coefficient (Wildman–Crippen LogP) is 4.26. The average Bonchev–Trinajstić information content (AvgIpc) is 2.78. The summed E-state index contributed by atoms with van der Waals surface area (Å²) in [4.78, 5) is 11.7. The maximum atomic E-state index is 11.7. The molecule has 3 aromatic rings. The van der Waals surface area contributed by atoms with Gasteiger partial charge >= 0.3 is 5.97 Å². The first kappa shape index (κ1) is 14.0. The van der Waals surface area contributed by atoms with E-state index in [-0.39, 0.29) is 11.9 Å². The van der Waals surface area contributed by atoms with Crippen LogP contribution in [0.25, 0.3) is 21.8 Å². The molecule has 1 unspecified atom stereocenters. The molecule has 3 nitrogen and oxygen atoms in total. The number of ether oxygens (including phenoxy) is 1. The zero-order valence-electron chi connectivity index (χ0n) is 12.2. The van der Waals surface area contributed by atoms with E-state index in [2.05, 4.69) is 4.57 Å². The lowest BCUT2D eigenvalue weighted by Gasteiger charge is -2.10. The first-order valence-electron chi connectivity index (χ1n) is 6.78. The van der Waals surface area contributed by atoms with Crippen LogP contribution in [-0.4, -0.2) is 17.6 Å². The monoisotopic (exact) mass is 301 g/mol. The van der Waals surface area contributed by atoms with Crippen molar-refractivity contribution in [3.63, 3.8) is 0 Å². The summed E-state index contributed by atoms with van der Waals surface area (Å²) in [6.07, 6.45) is 0. The van der Waals surface area contributed by atoms with E-state index in [4.69, 9.17) is 16.3 Å². The van der Waals surface area contributed by atoms with Crippen LogP contribution in [0.4, 0.5) is 0 Å². The van der Waals surface area contributed by atoms with Gasteiger partial charge in [-0.15, -0.1) is 0 Å². The Morgan fingerprint density at radius 1 is 1.14 bits per heavy atom. The van der Waals surface area contributed by atoms with Crippen molar-refractivity contribution in [1.29, 1.82) is 0 Å². The summed E-state index contributed by atoms with van der Waals surface area (Å²) >= 11 is 6.10. The molecule has 1 atom stereocenters. The third-order valence-corrected chi connectivity index (χ3v) is 4.28. The second-order valence-electron chi connectivity index (χ2n) is 5.24. The van der Waals surface area contributed by atoms with Crippen LogP contribution in [0.3, 0.4) is 0 Å². The zero-order valence-corrected chi connectivity index (χ0v) is 12.9. The fourth-order valence-electron chi connectivity index (χ4n) is 2.78. The number of carbonyl (C=O) groups is 1. The highest BCUT2D eigenvalue weighted by atomic mass is 35.5. The standard InChI is InChI=1S/C17H16ClNO2/c1-10(17(20)21-3)11-4-6-13-14-9-12(18)5-7-15(14)19(2)16(13)8-11/h4-10H,1-3H3. The Hall–Kier alpha value is -2.00. The van der Waals surface area contributed by atoms with E-state index in [1.807, 2.05) is 50.4 Å². The van der Waals surface area contributed by atoms with Gasteiger partial charge in [0.2, 0.25) is 0 Å². The van der Waals surface area contributed by atoms with Crippen molar-refractivity contribution in [2.45, 2.75) is 12.8 Å². The number of hydrogen-bond acceptors (Lipinski definition) is 2. The molecule has 0 saturated carbocycles. The molecule has 0 bridgehead atoms. The number of carbonyl (C=O) groups excluding carboxylic acids is 1. The molecular weight excluding hydrogens is 286 g/mol. The van der Waals surface area contributed by atoms with E-state index in [1.165, 1.54) is 7.11 Å². The number of hydrogen-bond donors (Lipinski definition) is 0. The lowest BCUT2D eigenvalue weighted by Crippen LogP contribution is -2.10. The Morgan fingerprint density at radius 2 is 1.90 bits per heavy atom. The Morgan fingerprint density at radius 3 is 2.62 bits per heavy atom. The normalized spacial score (nSPS) is 12.8. The molecule has 0 aliphatic carbocycles. The molecule has 21 heavy (non-hydrogen) atoms. The van der Waals surface area contributed by atoms with Gasteiger partial charge in [0.05, 0.1) is 13.0 Å². The van der Waals surface area contributed by atoms with Crippen LogP contribution < -0.4 is 0 Å². The first-order chi connectivity index (χ1) is 10.0. The molecule has 0 radical (unpaired) electrons. The van der Waals surface area contributed by atoms with Crippen LogP contribution in [0.1, 0.15) is 18.4 Å². The second-order valence-corrected chi connectivity index (χ2v) is 5.68. The number of halogens is 1. The molecule has 1 aromatic heterocycles. The number of aromatic nitrogens is 1. The van der Waals surface area contributed by atoms with Crippen molar-refractivity contribution in [3.8, 4) is 0 Å². The van der Waals surface area contributed by atoms with Crippen molar-refractivity contribution in [3.05, 3.63) is 47.0 Å². The summed E-state index contributed by atoms with van der Waals surface area (Å²) in [5.74, 6) is -0.503. The maximum Gasteiger partial charge on any atom is 0.312 e. The first-order valence-corrected chi connectivity index (χ1v) is 7.16. The molecule has 0 fully saturated rings. The Bertz CT molecular complexity index is 851. The second kappa shape index (κ2) is 5.08. The number of benzene rings is 2. The molecule has 0 N–H and O–H groups in total. The summed E-state index contributed by atoms with van der Waals surface area (Å²) in [6.45, 7) is 1.85. The van der Waals surface area contributed by atoms with Gasteiger partial charge in [0, 0.05) is 33.9 Å². The van der Waals surface area contributed by atoms with Crippen molar-refractivity contribution in [2.75, 3.05) is 7.11 Å². The lowest BCUT2D eigenvalue weighted by molar-refractivity contribution is -0.141. The number of methoxy groups -OCH3 is 1. The van der Waals surface area contributed by atoms with Gasteiger partial charge in [-0.05, 0) is 36.8 Å². The van der Waals surface area contributed by atoms with E-state index in [0.29, 0.717) is 0 Å². The Kier molecular flexibility index (Phi) is 3.38. The zero-order chi connectivity index (χ0) is 15.1. The maximum absolute atomic E-state index is 11.7. The quantitative estimate of drug-likeness (QED) is 0.662. The molecule has 2 aromatic carbocycles. The van der Waals surface area contributed by atoms with Crippen LogP contribution in [-0.2, 0) is 16.6 Å². The van der Waals surface area contributed by atoms with Crippen LogP contribution in [0.5, 0.6) is 0 Å². The Balaban J connectivity index is 2.25. The molecule has 0 saturated heterocycles. The third kappa shape index (κ3) is 2.18. The van der Waals surface area contributed by atoms with Gasteiger partial charge in [0.25, 0.3) is 0 Å². The number of aryl methyl sites for hydroxylation is 1. The predicted molar refractivity (Wildman–Crippen MR) is 85.9 cm³/mol. The molecule has 1 heterocycles. The topological polar surface area (TPSA) is 31.2 Å². The third-order valence-electron chi connectivity index (χ3n) is 4.05. The minimum Gasteiger partial charge on any atom is -0.469 e. The highest BCUT2D eigenvalue weighted by Gasteiger charge is 2.17. The molecule has 0 aliphatic rings. The summed E-state index contributed by atoms with van der Waals surface area (Å²) in [6, 6.07) is 11.9. The molecular formula is C17H16ClNO2. The van der Waals surface area contributed by atoms with Crippen molar-refractivity contribution in [1.82, 2.24) is 4.57 Å². The van der Waals surface area contributed by atoms with Gasteiger partial charge in [-0.1, -0.05) is 23.7 Å². The van der Waals surface area contributed by atoms with Crippen LogP contribution in [0, 0.1) is 0 Å². The lowest BCUT2D eigenvalue weighted by atomic mass is 9.99. The largest absolute Gasteiger partial charge is 0.469 e. The van der Waals surface area contributed by atoms with Gasteiger partial charge < -0.3 is 9.30 Å². The molecule has 0 aliphatic heterocycles. The van der Waals surface area contributed by atoms with E-state index in [9.17, 15) is 4.79 Å². The summed E-state index contributed by atoms with van der Waals surface area (Å²) in [7, 11) is 3.43. The van der Waals surface area contributed by atoms with Crippen LogP contribution in [0.2, 0.25) is 5.02 Å². The molecule has 108 valence electrons. The van der Waals surface area contributed by atoms with Gasteiger partial charge in [0.1, 0.15) is 0 Å². The molecule has 0 spiro atoms. The van der Waals surface area contributed by atoms with Crippen molar-refractivity contribution < 1.29 is 9.53 Å². The van der Waals surface area contributed by atoms with E-state index in [0.717, 1.165) is 32.4 Å². The van der Waals surface area contributed by atoms with E-state index in [1.54, 1.807) is 0 Å². The van der Waals surface area contributed by atoms with E-state index < -0.39 is 0 Å². The van der Waals surface area contributed by atoms with E-state index >= 15 is 0 Å². The molecule has 3 rings (SSSR count). The summed E-state index contributed by atoms with van der Waals surface area (Å²) in [5.41, 5.74) is 3.16. The SMILES string of the molecule is COC(=O)C(C)c1ccc2c3cc(Cl)ccc3n(C)c2c1. The van der Waals surface area contributed by atoms with Gasteiger partial charge in [0.15, 0.2) is 0 Å². The van der Waals surface area contributed by atoms with Gasteiger partial charge in [-0.3, -0.25) is 4.79 Å². The average molecular weight is 302 g/mol. The highest BCUT2D eigenvalue weighted by Crippen LogP contribution is 2.32. The smallest absolute Gasteiger partial charge is 0.312 e. The minimum absolute atomic E-state index is 0.226. The fraction of sp³-hybridized carbons (Fsp3) is 0.235. The minimum atomic E-state index is -0.277.